The highest BCUT2D eigenvalue weighted by Crippen LogP contribution is 2.30. The summed E-state index contributed by atoms with van der Waals surface area (Å²) in [5.74, 6) is 0.220. The summed E-state index contributed by atoms with van der Waals surface area (Å²) in [5.41, 5.74) is 2.62. The van der Waals surface area contributed by atoms with Crippen LogP contribution in [0.1, 0.15) is 5.76 Å². The van der Waals surface area contributed by atoms with E-state index in [1.165, 1.54) is 18.3 Å². The van der Waals surface area contributed by atoms with Crippen molar-refractivity contribution in [3.05, 3.63) is 79.5 Å². The van der Waals surface area contributed by atoms with Crippen LogP contribution >= 0.6 is 34.8 Å². The molecule has 1 heterocycles. The first-order valence-electron chi connectivity index (χ1n) is 8.27. The standard InChI is InChI=1S/C19H12Cl3N3O5/c20-12-2-5-18(16(8-12)25(27)28)29-10-19(26)24-23-9-13-3-6-17(30-13)11-1-4-14(21)15(22)7-11/h1-9H,10H2,(H,24,26)/b23-9+. The molecular formula is C19H12Cl3N3O5. The minimum absolute atomic E-state index is 0.0826. The van der Waals surface area contributed by atoms with E-state index in [0.29, 0.717) is 21.6 Å². The number of hydrazone groups is 1. The Morgan fingerprint density at radius 3 is 2.67 bits per heavy atom. The molecule has 3 rings (SSSR count). The smallest absolute Gasteiger partial charge is 0.312 e. The summed E-state index contributed by atoms with van der Waals surface area (Å²) < 4.78 is 10.8. The lowest BCUT2D eigenvalue weighted by Crippen LogP contribution is -2.24. The van der Waals surface area contributed by atoms with Gasteiger partial charge in [-0.2, -0.15) is 5.10 Å². The highest BCUT2D eigenvalue weighted by molar-refractivity contribution is 6.42. The molecule has 0 atom stereocenters. The molecular weight excluding hydrogens is 457 g/mol. The average Bonchev–Trinajstić information content (AvgIpc) is 3.18. The lowest BCUT2D eigenvalue weighted by molar-refractivity contribution is -0.385. The van der Waals surface area contributed by atoms with Gasteiger partial charge in [0.1, 0.15) is 11.5 Å². The van der Waals surface area contributed by atoms with Gasteiger partial charge in [0.05, 0.1) is 21.2 Å². The van der Waals surface area contributed by atoms with Gasteiger partial charge in [-0.05, 0) is 42.5 Å². The summed E-state index contributed by atoms with van der Waals surface area (Å²) >= 11 is 17.6. The SMILES string of the molecule is O=C(COc1ccc(Cl)cc1[N+](=O)[O-])N/N=C/c1ccc(-c2ccc(Cl)c(Cl)c2)o1. The molecule has 1 aromatic heterocycles. The molecule has 1 amide bonds. The summed E-state index contributed by atoms with van der Waals surface area (Å²) in [7, 11) is 0. The fourth-order valence-electron chi connectivity index (χ4n) is 2.33. The fraction of sp³-hybridized carbons (Fsp3) is 0.0526. The second-order valence-corrected chi connectivity index (χ2v) is 7.03. The first kappa shape index (κ1) is 21.6. The van der Waals surface area contributed by atoms with Crippen LogP contribution in [0.25, 0.3) is 11.3 Å². The van der Waals surface area contributed by atoms with Crippen LogP contribution in [0.2, 0.25) is 15.1 Å². The number of benzene rings is 2. The zero-order valence-electron chi connectivity index (χ0n) is 15.0. The van der Waals surface area contributed by atoms with Crippen molar-refractivity contribution in [1.29, 1.82) is 0 Å². The molecule has 1 N–H and O–H groups in total. The van der Waals surface area contributed by atoms with Crippen molar-refractivity contribution in [1.82, 2.24) is 5.43 Å². The van der Waals surface area contributed by atoms with Gasteiger partial charge >= 0.3 is 5.69 Å². The van der Waals surface area contributed by atoms with E-state index in [4.69, 9.17) is 44.0 Å². The van der Waals surface area contributed by atoms with Gasteiger partial charge in [0, 0.05) is 16.7 Å². The molecule has 0 fully saturated rings. The van der Waals surface area contributed by atoms with E-state index in [1.807, 2.05) is 0 Å². The Morgan fingerprint density at radius 2 is 1.93 bits per heavy atom. The van der Waals surface area contributed by atoms with E-state index in [1.54, 1.807) is 30.3 Å². The van der Waals surface area contributed by atoms with E-state index in [0.717, 1.165) is 11.6 Å². The molecule has 0 bridgehead atoms. The molecule has 0 aliphatic rings. The molecule has 0 saturated heterocycles. The summed E-state index contributed by atoms with van der Waals surface area (Å²) in [4.78, 5) is 22.2. The Bertz CT molecular complexity index is 1130. The zero-order chi connectivity index (χ0) is 21.7. The number of nitrogens with zero attached hydrogens (tertiary/aromatic N) is 2. The molecule has 3 aromatic rings. The number of amides is 1. The van der Waals surface area contributed by atoms with Gasteiger partial charge in [0.15, 0.2) is 12.4 Å². The monoisotopic (exact) mass is 467 g/mol. The fourth-order valence-corrected chi connectivity index (χ4v) is 2.79. The summed E-state index contributed by atoms with van der Waals surface area (Å²) in [6.45, 7) is -0.480. The third kappa shape index (κ3) is 5.50. The summed E-state index contributed by atoms with van der Waals surface area (Å²) in [5, 5.41) is 15.8. The van der Waals surface area contributed by atoms with E-state index in [2.05, 4.69) is 10.5 Å². The van der Waals surface area contributed by atoms with Crippen LogP contribution in [-0.2, 0) is 4.79 Å². The predicted molar refractivity (Wildman–Crippen MR) is 114 cm³/mol. The number of furan rings is 1. The second-order valence-electron chi connectivity index (χ2n) is 5.78. The normalized spacial score (nSPS) is 10.9. The van der Waals surface area contributed by atoms with E-state index in [9.17, 15) is 14.9 Å². The van der Waals surface area contributed by atoms with Crippen molar-refractivity contribution in [3.63, 3.8) is 0 Å². The van der Waals surface area contributed by atoms with Gasteiger partial charge in [-0.15, -0.1) is 0 Å². The topological polar surface area (TPSA) is 107 Å². The maximum atomic E-state index is 11.8. The number of carbonyl (C=O) groups is 1. The Balaban J connectivity index is 1.56. The van der Waals surface area contributed by atoms with Gasteiger partial charge in [-0.3, -0.25) is 14.9 Å². The highest BCUT2D eigenvalue weighted by Gasteiger charge is 2.16. The van der Waals surface area contributed by atoms with E-state index in [-0.39, 0.29) is 16.5 Å². The largest absolute Gasteiger partial charge is 0.477 e. The van der Waals surface area contributed by atoms with Gasteiger partial charge in [0.2, 0.25) is 0 Å². The van der Waals surface area contributed by atoms with Crippen molar-refractivity contribution < 1.29 is 18.9 Å². The maximum absolute atomic E-state index is 11.8. The van der Waals surface area contributed by atoms with Crippen LogP contribution in [0.4, 0.5) is 5.69 Å². The van der Waals surface area contributed by atoms with E-state index >= 15 is 0 Å². The Morgan fingerprint density at radius 1 is 1.13 bits per heavy atom. The van der Waals surface area contributed by atoms with Crippen LogP contribution in [-0.4, -0.2) is 23.7 Å². The molecule has 0 aliphatic carbocycles. The second kappa shape index (κ2) is 9.62. The minimum atomic E-state index is -0.653. The first-order valence-corrected chi connectivity index (χ1v) is 9.41. The Hall–Kier alpha value is -3.07. The van der Waals surface area contributed by atoms with Crippen molar-refractivity contribution >= 4 is 52.6 Å². The molecule has 8 nitrogen and oxygen atoms in total. The van der Waals surface area contributed by atoms with Crippen molar-refractivity contribution in [2.45, 2.75) is 0 Å². The number of nitro benzene ring substituents is 1. The molecule has 11 heteroatoms. The number of nitrogens with one attached hydrogen (secondary N) is 1. The Kier molecular flexibility index (Phi) is 6.94. The molecule has 0 unspecified atom stereocenters. The van der Waals surface area contributed by atoms with Gasteiger partial charge < -0.3 is 9.15 Å². The lowest BCUT2D eigenvalue weighted by atomic mass is 10.2. The molecule has 154 valence electrons. The molecule has 0 radical (unpaired) electrons. The molecule has 2 aromatic carbocycles. The van der Waals surface area contributed by atoms with Crippen molar-refractivity contribution in [2.24, 2.45) is 5.10 Å². The van der Waals surface area contributed by atoms with E-state index < -0.39 is 17.4 Å². The van der Waals surface area contributed by atoms with Crippen LogP contribution in [0.3, 0.4) is 0 Å². The number of carbonyl (C=O) groups excluding carboxylic acids is 1. The van der Waals surface area contributed by atoms with Crippen LogP contribution < -0.4 is 10.2 Å². The molecule has 0 aliphatic heterocycles. The average molecular weight is 469 g/mol. The molecule has 30 heavy (non-hydrogen) atoms. The molecule has 0 saturated carbocycles. The number of halogens is 3. The summed E-state index contributed by atoms with van der Waals surface area (Å²) in [6.07, 6.45) is 1.30. The highest BCUT2D eigenvalue weighted by atomic mass is 35.5. The van der Waals surface area contributed by atoms with Gasteiger partial charge in [-0.1, -0.05) is 34.8 Å². The minimum Gasteiger partial charge on any atom is -0.477 e. The number of hydrogen-bond donors (Lipinski definition) is 1. The quantitative estimate of drug-likeness (QED) is 0.286. The lowest BCUT2D eigenvalue weighted by Gasteiger charge is -2.05. The third-order valence-electron chi connectivity index (χ3n) is 3.69. The number of nitro groups is 1. The van der Waals surface area contributed by atoms with Gasteiger partial charge in [-0.25, -0.2) is 5.43 Å². The number of ether oxygens (including phenoxy) is 1. The van der Waals surface area contributed by atoms with Crippen LogP contribution in [0.15, 0.2) is 58.0 Å². The first-order chi connectivity index (χ1) is 14.3. The van der Waals surface area contributed by atoms with Crippen LogP contribution in [0.5, 0.6) is 5.75 Å². The Labute approximate surface area is 185 Å². The maximum Gasteiger partial charge on any atom is 0.312 e. The predicted octanol–water partition coefficient (Wildman–Crippen LogP) is 5.34. The van der Waals surface area contributed by atoms with Crippen molar-refractivity contribution in [3.8, 4) is 17.1 Å². The van der Waals surface area contributed by atoms with Gasteiger partial charge in [0.25, 0.3) is 5.91 Å². The third-order valence-corrected chi connectivity index (χ3v) is 4.66. The molecule has 0 spiro atoms. The summed E-state index contributed by atoms with van der Waals surface area (Å²) in [6, 6.07) is 12.3. The number of hydrogen-bond acceptors (Lipinski definition) is 6. The van der Waals surface area contributed by atoms with Crippen LogP contribution in [0, 0.1) is 10.1 Å². The zero-order valence-corrected chi connectivity index (χ0v) is 17.2. The number of rotatable bonds is 7. The van der Waals surface area contributed by atoms with Crippen molar-refractivity contribution in [2.75, 3.05) is 6.61 Å².